The van der Waals surface area contributed by atoms with Crippen molar-refractivity contribution in [2.45, 2.75) is 0 Å². The van der Waals surface area contributed by atoms with Gasteiger partial charge < -0.3 is 4.57 Å². The van der Waals surface area contributed by atoms with Gasteiger partial charge in [0.25, 0.3) is 0 Å². The van der Waals surface area contributed by atoms with Gasteiger partial charge in [0.05, 0.1) is 22.1 Å². The standard InChI is InChI=1S/C48H30N6/c1-3-16-32(17-4-1)46-50-47(37-24-13-18-31-15-7-8-21-34(31)37)52-48(51-46)40-25-14-28-45(49-40)54-42-27-12-10-23-36(42)39-29-38-35-22-9-11-26-41(35)53(43(38)30-44(39)54)33-19-5-2-6-20-33/h1-30H. The van der Waals surface area contributed by atoms with Crippen molar-refractivity contribution in [3.05, 3.63) is 182 Å². The predicted octanol–water partition coefficient (Wildman–Crippen LogP) is 11.6. The Bertz CT molecular complexity index is 3210. The average molecular weight is 691 g/mol. The number of hydrogen-bond acceptors (Lipinski definition) is 4. The molecule has 54 heavy (non-hydrogen) atoms. The lowest BCUT2D eigenvalue weighted by atomic mass is 10.0. The summed E-state index contributed by atoms with van der Waals surface area (Å²) >= 11 is 0. The van der Waals surface area contributed by atoms with Gasteiger partial charge in [-0.05, 0) is 59.3 Å². The number of aromatic nitrogens is 6. The fraction of sp³-hybridized carbons (Fsp3) is 0. The molecule has 0 fully saturated rings. The summed E-state index contributed by atoms with van der Waals surface area (Å²) in [6.45, 7) is 0. The van der Waals surface area contributed by atoms with Gasteiger partial charge in [-0.15, -0.1) is 0 Å². The molecule has 6 heteroatoms. The minimum atomic E-state index is 0.515. The number of hydrogen-bond donors (Lipinski definition) is 0. The van der Waals surface area contributed by atoms with Crippen molar-refractivity contribution < 1.29 is 0 Å². The van der Waals surface area contributed by atoms with Gasteiger partial charge in [-0.3, -0.25) is 4.57 Å². The largest absolute Gasteiger partial charge is 0.309 e. The van der Waals surface area contributed by atoms with Gasteiger partial charge in [0.1, 0.15) is 11.5 Å². The van der Waals surface area contributed by atoms with Crippen LogP contribution >= 0.6 is 0 Å². The molecule has 0 bridgehead atoms. The summed E-state index contributed by atoms with van der Waals surface area (Å²) in [7, 11) is 0. The summed E-state index contributed by atoms with van der Waals surface area (Å²) in [5, 5.41) is 6.99. The van der Waals surface area contributed by atoms with Crippen molar-refractivity contribution in [3.8, 4) is 45.8 Å². The molecule has 0 saturated heterocycles. The number of nitrogens with zero attached hydrogens (tertiary/aromatic N) is 6. The predicted molar refractivity (Wildman–Crippen MR) is 220 cm³/mol. The van der Waals surface area contributed by atoms with Gasteiger partial charge in [-0.2, -0.15) is 0 Å². The summed E-state index contributed by atoms with van der Waals surface area (Å²) in [4.78, 5) is 20.5. The van der Waals surface area contributed by atoms with Crippen LogP contribution in [0.3, 0.4) is 0 Å². The first-order valence-electron chi connectivity index (χ1n) is 18.1. The smallest absolute Gasteiger partial charge is 0.182 e. The van der Waals surface area contributed by atoms with Crippen molar-refractivity contribution in [2.24, 2.45) is 0 Å². The first-order valence-corrected chi connectivity index (χ1v) is 18.1. The Morgan fingerprint density at radius 2 is 0.907 bits per heavy atom. The maximum absolute atomic E-state index is 5.32. The Balaban J connectivity index is 1.15. The van der Waals surface area contributed by atoms with Gasteiger partial charge in [0, 0.05) is 38.4 Å². The molecule has 0 unspecified atom stereocenters. The van der Waals surface area contributed by atoms with E-state index in [1.807, 2.05) is 42.5 Å². The molecule has 7 aromatic carbocycles. The highest BCUT2D eigenvalue weighted by molar-refractivity contribution is 6.19. The molecule has 0 saturated carbocycles. The van der Waals surface area contributed by atoms with E-state index >= 15 is 0 Å². The van der Waals surface area contributed by atoms with Crippen LogP contribution in [-0.4, -0.2) is 29.1 Å². The van der Waals surface area contributed by atoms with Crippen LogP contribution in [0.25, 0.3) is 100 Å². The Kier molecular flexibility index (Phi) is 6.75. The van der Waals surface area contributed by atoms with Gasteiger partial charge in [0.2, 0.25) is 0 Å². The van der Waals surface area contributed by atoms with E-state index < -0.39 is 0 Å². The second-order valence-electron chi connectivity index (χ2n) is 13.5. The molecule has 6 nitrogen and oxygen atoms in total. The van der Waals surface area contributed by atoms with Crippen LogP contribution in [-0.2, 0) is 0 Å². The molecule has 0 radical (unpaired) electrons. The molecule has 0 aliphatic rings. The normalized spacial score (nSPS) is 11.7. The minimum Gasteiger partial charge on any atom is -0.309 e. The van der Waals surface area contributed by atoms with Crippen LogP contribution in [0.1, 0.15) is 0 Å². The molecule has 252 valence electrons. The molecule has 11 aromatic rings. The number of para-hydroxylation sites is 3. The molecule has 0 N–H and O–H groups in total. The number of fused-ring (bicyclic) bond motifs is 7. The van der Waals surface area contributed by atoms with Crippen LogP contribution < -0.4 is 0 Å². The zero-order valence-corrected chi connectivity index (χ0v) is 29.0. The lowest BCUT2D eigenvalue weighted by Crippen LogP contribution is -2.03. The summed E-state index contributed by atoms with van der Waals surface area (Å²) in [6, 6.07) is 63.2. The van der Waals surface area contributed by atoms with E-state index in [4.69, 9.17) is 19.9 Å². The lowest BCUT2D eigenvalue weighted by molar-refractivity contribution is 1.03. The van der Waals surface area contributed by atoms with Crippen LogP contribution in [0.2, 0.25) is 0 Å². The van der Waals surface area contributed by atoms with Gasteiger partial charge in [-0.25, -0.2) is 19.9 Å². The highest BCUT2D eigenvalue weighted by Crippen LogP contribution is 2.39. The SMILES string of the molecule is c1ccc(-c2nc(-c3cccc(-n4c5ccccc5c5cc6c7ccccc7n(-c7ccccc7)c6cc54)n3)nc(-c3cccc4ccccc34)n2)cc1. The molecule has 0 spiro atoms. The lowest BCUT2D eigenvalue weighted by Gasteiger charge is -2.12. The second kappa shape index (κ2) is 12.1. The highest BCUT2D eigenvalue weighted by atomic mass is 15.1. The van der Waals surface area contributed by atoms with Crippen molar-refractivity contribution >= 4 is 54.4 Å². The quantitative estimate of drug-likeness (QED) is 0.180. The van der Waals surface area contributed by atoms with Gasteiger partial charge >= 0.3 is 0 Å². The molecule has 0 amide bonds. The Labute approximate surface area is 310 Å². The van der Waals surface area contributed by atoms with Crippen LogP contribution in [0, 0.1) is 0 Å². The number of rotatable bonds is 5. The first-order chi connectivity index (χ1) is 26.8. The maximum Gasteiger partial charge on any atom is 0.182 e. The third-order valence-corrected chi connectivity index (χ3v) is 10.4. The number of benzene rings is 7. The first kappa shape index (κ1) is 30.2. The maximum atomic E-state index is 5.32. The van der Waals surface area contributed by atoms with Gasteiger partial charge in [0.15, 0.2) is 17.5 Å². The summed E-state index contributed by atoms with van der Waals surface area (Å²) < 4.78 is 4.63. The molecule has 4 aromatic heterocycles. The van der Waals surface area contributed by atoms with Crippen LogP contribution in [0.5, 0.6) is 0 Å². The van der Waals surface area contributed by atoms with Crippen molar-refractivity contribution in [1.29, 1.82) is 0 Å². The Hall–Kier alpha value is -7.44. The molecule has 0 aliphatic carbocycles. The van der Waals surface area contributed by atoms with E-state index in [9.17, 15) is 0 Å². The van der Waals surface area contributed by atoms with Crippen molar-refractivity contribution in [3.63, 3.8) is 0 Å². The van der Waals surface area contributed by atoms with E-state index in [2.05, 4.69) is 149 Å². The van der Waals surface area contributed by atoms with Crippen molar-refractivity contribution in [1.82, 2.24) is 29.1 Å². The zero-order chi connectivity index (χ0) is 35.6. The van der Waals surface area contributed by atoms with E-state index in [0.29, 0.717) is 23.2 Å². The fourth-order valence-electron chi connectivity index (χ4n) is 7.95. The topological polar surface area (TPSA) is 61.4 Å². The Morgan fingerprint density at radius 1 is 0.333 bits per heavy atom. The monoisotopic (exact) mass is 690 g/mol. The molecular formula is C48H30N6. The van der Waals surface area contributed by atoms with E-state index in [0.717, 1.165) is 50.0 Å². The molecule has 0 aliphatic heterocycles. The van der Waals surface area contributed by atoms with Crippen LogP contribution in [0.15, 0.2) is 182 Å². The number of pyridine rings is 1. The van der Waals surface area contributed by atoms with Crippen molar-refractivity contribution in [2.75, 3.05) is 0 Å². The fourth-order valence-corrected chi connectivity index (χ4v) is 7.95. The highest BCUT2D eigenvalue weighted by Gasteiger charge is 2.20. The summed E-state index contributed by atoms with van der Waals surface area (Å²) in [6.07, 6.45) is 0. The third-order valence-electron chi connectivity index (χ3n) is 10.4. The molecule has 11 rings (SSSR count). The average Bonchev–Trinajstić information content (AvgIpc) is 3.75. The molecule has 0 atom stereocenters. The van der Waals surface area contributed by atoms with E-state index in [-0.39, 0.29) is 0 Å². The molecule has 4 heterocycles. The third kappa shape index (κ3) is 4.74. The van der Waals surface area contributed by atoms with E-state index in [1.54, 1.807) is 0 Å². The van der Waals surface area contributed by atoms with E-state index in [1.165, 1.54) is 27.1 Å². The van der Waals surface area contributed by atoms with Crippen LogP contribution in [0.4, 0.5) is 0 Å². The minimum absolute atomic E-state index is 0.515. The molecular weight excluding hydrogens is 661 g/mol. The second-order valence-corrected chi connectivity index (χ2v) is 13.5. The summed E-state index contributed by atoms with van der Waals surface area (Å²) in [5.74, 6) is 2.51. The zero-order valence-electron chi connectivity index (χ0n) is 29.0. The van der Waals surface area contributed by atoms with Gasteiger partial charge in [-0.1, -0.05) is 133 Å². The summed E-state index contributed by atoms with van der Waals surface area (Å²) in [5.41, 5.74) is 8.12. The Morgan fingerprint density at radius 3 is 1.69 bits per heavy atom.